The number of nitrogens with two attached hydrogens (primary N) is 2. The van der Waals surface area contributed by atoms with Gasteiger partial charge in [0.1, 0.15) is 35.1 Å². The van der Waals surface area contributed by atoms with E-state index >= 15 is 0 Å². The first kappa shape index (κ1) is 28.1. The molecule has 5 aromatic rings. The van der Waals surface area contributed by atoms with Gasteiger partial charge >= 0.3 is 5.97 Å². The summed E-state index contributed by atoms with van der Waals surface area (Å²) in [6, 6.07) is 11.7. The van der Waals surface area contributed by atoms with Gasteiger partial charge in [0, 0.05) is 18.3 Å². The van der Waals surface area contributed by atoms with Gasteiger partial charge in [-0.3, -0.25) is 24.0 Å². The van der Waals surface area contributed by atoms with Crippen LogP contribution in [-0.2, 0) is 11.3 Å². The summed E-state index contributed by atoms with van der Waals surface area (Å²) in [7, 11) is 0. The highest BCUT2D eigenvalue weighted by Gasteiger charge is 2.24. The minimum atomic E-state index is -1.33. The fourth-order valence-electron chi connectivity index (χ4n) is 4.14. The summed E-state index contributed by atoms with van der Waals surface area (Å²) in [6.45, 7) is 0.0197. The molecule has 0 saturated carbocycles. The number of carbonyl (C=O) groups excluding carboxylic acids is 3. The predicted octanol–water partition coefficient (Wildman–Crippen LogP) is -0.369. The lowest BCUT2D eigenvalue weighted by Crippen LogP contribution is -2.38. The topological polar surface area (TPSA) is 254 Å². The molecular weight excluding hydrogens is 562 g/mol. The largest absolute Gasteiger partial charge is 0.478 e. The number of carboxylic acids is 1. The van der Waals surface area contributed by atoms with Crippen molar-refractivity contribution in [3.8, 4) is 0 Å². The van der Waals surface area contributed by atoms with E-state index in [1.165, 1.54) is 24.3 Å². The molecule has 8 N–H and O–H groups in total. The molecule has 0 spiro atoms. The van der Waals surface area contributed by atoms with E-state index in [9.17, 15) is 28.8 Å². The highest BCUT2D eigenvalue weighted by Crippen LogP contribution is 2.20. The van der Waals surface area contributed by atoms with Crippen LogP contribution in [0.2, 0.25) is 0 Å². The number of fused-ring (bicyclic) bond motifs is 1. The first-order valence-corrected chi connectivity index (χ1v) is 12.4. The Morgan fingerprint density at radius 1 is 0.977 bits per heavy atom. The summed E-state index contributed by atoms with van der Waals surface area (Å²) in [6.07, 6.45) is 1.14. The Hall–Kier alpha value is -6.45. The zero-order valence-corrected chi connectivity index (χ0v) is 21.9. The van der Waals surface area contributed by atoms with Gasteiger partial charge < -0.3 is 32.5 Å². The van der Waals surface area contributed by atoms with Crippen molar-refractivity contribution in [1.82, 2.24) is 30.2 Å². The molecule has 216 valence electrons. The quantitative estimate of drug-likeness (QED) is 0.115. The van der Waals surface area contributed by atoms with Crippen LogP contribution in [0, 0.1) is 0 Å². The zero-order chi connectivity index (χ0) is 30.8. The number of hydrogen-bond donors (Lipinski definition) is 6. The molecule has 0 saturated heterocycles. The molecule has 0 aliphatic carbocycles. The van der Waals surface area contributed by atoms with Crippen molar-refractivity contribution in [3.05, 3.63) is 109 Å². The summed E-state index contributed by atoms with van der Waals surface area (Å²) in [5.41, 5.74) is 10.3. The zero-order valence-electron chi connectivity index (χ0n) is 21.9. The lowest BCUT2D eigenvalue weighted by molar-refractivity contribution is -0.120. The van der Waals surface area contributed by atoms with E-state index in [4.69, 9.17) is 16.6 Å². The number of carboxylic acid groups (broad SMARTS) is 1. The molecule has 16 nitrogen and oxygen atoms in total. The van der Waals surface area contributed by atoms with Crippen LogP contribution in [0.1, 0.15) is 48.5 Å². The number of primary amides is 1. The van der Waals surface area contributed by atoms with E-state index in [-0.39, 0.29) is 46.2 Å². The summed E-state index contributed by atoms with van der Waals surface area (Å²) in [5, 5.41) is 21.0. The normalized spacial score (nSPS) is 11.6. The fourth-order valence-corrected chi connectivity index (χ4v) is 4.14. The summed E-state index contributed by atoms with van der Waals surface area (Å²) >= 11 is 0. The minimum Gasteiger partial charge on any atom is -0.478 e. The third-order valence-corrected chi connectivity index (χ3v) is 6.36. The van der Waals surface area contributed by atoms with Crippen LogP contribution < -0.4 is 38.3 Å². The van der Waals surface area contributed by atoms with Crippen molar-refractivity contribution in [2.45, 2.75) is 12.6 Å². The number of aromatic carboxylic acids is 1. The second kappa shape index (κ2) is 11.2. The molecular formula is C27H21N9O7. The average Bonchev–Trinajstić information content (AvgIpc) is 3.49. The standard InChI is InChI=1S/C27H21N9O7/c28-18-20(22(38)21(18)37)33-15-3-1-2-12(8-15)10-30-25(41)17-9-16(34-27-31-11-32-36(17)27)24(40)35-19(23(29)39)13-4-6-14(7-5-13)26(42)43/h1-9,11,19,33H,10,28H2,(H2,29,39)(H,30,41)(H,35,40)(H,42,43)/t19-/m1/s1. The minimum absolute atomic E-state index is 0.00167. The maximum Gasteiger partial charge on any atom is 0.335 e. The van der Waals surface area contributed by atoms with Crippen LogP contribution in [0.25, 0.3) is 5.78 Å². The molecule has 3 amide bonds. The molecule has 3 aromatic carbocycles. The molecule has 2 heterocycles. The van der Waals surface area contributed by atoms with E-state index in [1.54, 1.807) is 24.3 Å². The second-order valence-electron chi connectivity index (χ2n) is 9.19. The number of anilines is 3. The van der Waals surface area contributed by atoms with Gasteiger partial charge in [-0.1, -0.05) is 24.3 Å². The number of rotatable bonds is 10. The smallest absolute Gasteiger partial charge is 0.335 e. The Balaban J connectivity index is 1.33. The molecule has 0 radical (unpaired) electrons. The number of aromatic nitrogens is 4. The van der Waals surface area contributed by atoms with Crippen LogP contribution in [0.4, 0.5) is 17.1 Å². The molecule has 2 aromatic heterocycles. The van der Waals surface area contributed by atoms with Gasteiger partial charge in [-0.05, 0) is 35.4 Å². The van der Waals surface area contributed by atoms with Gasteiger partial charge in [-0.25, -0.2) is 9.78 Å². The molecule has 0 aliphatic heterocycles. The van der Waals surface area contributed by atoms with Crippen molar-refractivity contribution >= 4 is 46.5 Å². The van der Waals surface area contributed by atoms with Crippen molar-refractivity contribution in [3.63, 3.8) is 0 Å². The second-order valence-corrected chi connectivity index (χ2v) is 9.19. The predicted molar refractivity (Wildman–Crippen MR) is 150 cm³/mol. The van der Waals surface area contributed by atoms with E-state index in [1.807, 2.05) is 0 Å². The number of nitrogens with one attached hydrogen (secondary N) is 3. The average molecular weight is 584 g/mol. The Morgan fingerprint density at radius 2 is 1.72 bits per heavy atom. The lowest BCUT2D eigenvalue weighted by atomic mass is 10.0. The summed E-state index contributed by atoms with van der Waals surface area (Å²) < 4.78 is 1.12. The summed E-state index contributed by atoms with van der Waals surface area (Å²) in [5.74, 6) is -3.66. The third kappa shape index (κ3) is 5.60. The van der Waals surface area contributed by atoms with Crippen molar-refractivity contribution in [2.24, 2.45) is 5.73 Å². The molecule has 16 heteroatoms. The number of amides is 3. The maximum atomic E-state index is 13.2. The van der Waals surface area contributed by atoms with Crippen LogP contribution in [0.3, 0.4) is 0 Å². The SMILES string of the molecule is NC(=O)[C@H](NC(=O)c1cc(C(=O)NCc2cccc(Nc3c(N)c(=O)c3=O)c2)n2ncnc2n1)c1ccc(C(=O)O)cc1. The first-order valence-electron chi connectivity index (χ1n) is 12.4. The van der Waals surface area contributed by atoms with E-state index < -0.39 is 40.6 Å². The monoisotopic (exact) mass is 583 g/mol. The number of nitrogen functional groups attached to an aromatic ring is 1. The molecule has 43 heavy (non-hydrogen) atoms. The van der Waals surface area contributed by atoms with Gasteiger partial charge in [0.2, 0.25) is 5.91 Å². The van der Waals surface area contributed by atoms with Crippen LogP contribution >= 0.6 is 0 Å². The number of nitrogens with zero attached hydrogens (tertiary/aromatic N) is 4. The summed E-state index contributed by atoms with van der Waals surface area (Å²) in [4.78, 5) is 80.7. The number of hydrogen-bond acceptors (Lipinski definition) is 11. The Labute approximate surface area is 240 Å². The molecule has 0 unspecified atom stereocenters. The molecule has 0 fully saturated rings. The molecule has 5 rings (SSSR count). The number of benzene rings is 2. The lowest BCUT2D eigenvalue weighted by Gasteiger charge is -2.16. The highest BCUT2D eigenvalue weighted by molar-refractivity contribution is 6.00. The van der Waals surface area contributed by atoms with Gasteiger partial charge in [-0.2, -0.15) is 14.6 Å². The third-order valence-electron chi connectivity index (χ3n) is 6.36. The van der Waals surface area contributed by atoms with Crippen molar-refractivity contribution in [1.29, 1.82) is 0 Å². The van der Waals surface area contributed by atoms with E-state index in [0.717, 1.165) is 16.9 Å². The maximum absolute atomic E-state index is 13.2. The van der Waals surface area contributed by atoms with E-state index in [0.29, 0.717) is 11.3 Å². The van der Waals surface area contributed by atoms with Gasteiger partial charge in [-0.15, -0.1) is 0 Å². The van der Waals surface area contributed by atoms with Gasteiger partial charge in [0.05, 0.1) is 5.56 Å². The van der Waals surface area contributed by atoms with Crippen molar-refractivity contribution < 1.29 is 24.3 Å². The Kier molecular flexibility index (Phi) is 7.32. The Morgan fingerprint density at radius 3 is 2.40 bits per heavy atom. The first-order chi connectivity index (χ1) is 20.5. The van der Waals surface area contributed by atoms with Crippen LogP contribution in [0.15, 0.2) is 70.5 Å². The molecule has 0 bridgehead atoms. The van der Waals surface area contributed by atoms with Gasteiger partial charge in [0.25, 0.3) is 28.4 Å². The van der Waals surface area contributed by atoms with Gasteiger partial charge in [0.15, 0.2) is 0 Å². The highest BCUT2D eigenvalue weighted by atomic mass is 16.4. The van der Waals surface area contributed by atoms with Crippen LogP contribution in [-0.4, -0.2) is 48.4 Å². The molecule has 1 atom stereocenters. The number of carbonyl (C=O) groups is 4. The molecule has 0 aliphatic rings. The van der Waals surface area contributed by atoms with E-state index in [2.05, 4.69) is 31.0 Å². The van der Waals surface area contributed by atoms with Crippen molar-refractivity contribution in [2.75, 3.05) is 11.1 Å². The van der Waals surface area contributed by atoms with Crippen LogP contribution in [0.5, 0.6) is 0 Å². The Bertz CT molecular complexity index is 1990. The fraction of sp³-hybridized carbons (Fsp3) is 0.0741.